The van der Waals surface area contributed by atoms with Gasteiger partial charge in [0, 0.05) is 35.9 Å². The second kappa shape index (κ2) is 8.14. The van der Waals surface area contributed by atoms with Crippen molar-refractivity contribution in [2.45, 2.75) is 46.6 Å². The molecule has 1 atom stereocenters. The lowest BCUT2D eigenvalue weighted by Crippen LogP contribution is -2.36. The molecule has 3 nitrogen and oxygen atoms in total. The molecule has 0 bridgehead atoms. The Hall–Kier alpha value is -0.610. The van der Waals surface area contributed by atoms with Crippen LogP contribution >= 0.6 is 15.9 Å². The van der Waals surface area contributed by atoms with E-state index in [0.29, 0.717) is 5.92 Å². The monoisotopic (exact) mass is 353 g/mol. The van der Waals surface area contributed by atoms with E-state index in [0.717, 1.165) is 36.6 Å². The number of rotatable bonds is 6. The summed E-state index contributed by atoms with van der Waals surface area (Å²) >= 11 is 3.56. The van der Waals surface area contributed by atoms with Crippen molar-refractivity contribution < 1.29 is 0 Å². The fourth-order valence-electron chi connectivity index (χ4n) is 2.97. The third-order valence-electron chi connectivity index (χ3n) is 4.17. The number of nitrogens with one attached hydrogen (secondary N) is 1. The predicted octanol–water partition coefficient (Wildman–Crippen LogP) is 4.22. The molecule has 1 N–H and O–H groups in total. The molecule has 0 radical (unpaired) electrons. The first-order valence-electron chi connectivity index (χ1n) is 8.20. The van der Waals surface area contributed by atoms with Crippen LogP contribution in [0.5, 0.6) is 0 Å². The predicted molar refractivity (Wildman–Crippen MR) is 93.7 cm³/mol. The van der Waals surface area contributed by atoms with E-state index in [1.807, 2.05) is 6.20 Å². The van der Waals surface area contributed by atoms with E-state index in [9.17, 15) is 0 Å². The minimum Gasteiger partial charge on any atom is -0.356 e. The summed E-state index contributed by atoms with van der Waals surface area (Å²) in [5.41, 5.74) is 1.31. The van der Waals surface area contributed by atoms with Crippen LogP contribution in [0.25, 0.3) is 0 Å². The van der Waals surface area contributed by atoms with Crippen molar-refractivity contribution in [3.8, 4) is 0 Å². The Morgan fingerprint density at radius 3 is 3.00 bits per heavy atom. The quantitative estimate of drug-likeness (QED) is 0.829. The summed E-state index contributed by atoms with van der Waals surface area (Å²) in [6, 6.07) is 2.21. The maximum Gasteiger partial charge on any atom is 0.133 e. The van der Waals surface area contributed by atoms with E-state index < -0.39 is 0 Å². The molecule has 1 aliphatic heterocycles. The first-order chi connectivity index (χ1) is 10.1. The molecule has 1 aliphatic rings. The molecule has 1 unspecified atom stereocenters. The van der Waals surface area contributed by atoms with Crippen molar-refractivity contribution in [2.24, 2.45) is 11.8 Å². The van der Waals surface area contributed by atoms with Crippen LogP contribution in [0, 0.1) is 11.8 Å². The van der Waals surface area contributed by atoms with Gasteiger partial charge in [0.1, 0.15) is 5.82 Å². The number of nitrogens with zero attached hydrogens (tertiary/aromatic N) is 2. The van der Waals surface area contributed by atoms with Gasteiger partial charge in [0.15, 0.2) is 0 Å². The van der Waals surface area contributed by atoms with Crippen LogP contribution in [-0.4, -0.2) is 24.6 Å². The zero-order valence-corrected chi connectivity index (χ0v) is 15.1. The lowest BCUT2D eigenvalue weighted by molar-refractivity contribution is 0.402. The largest absolute Gasteiger partial charge is 0.356 e. The Bertz CT molecular complexity index is 448. The normalized spacial score (nSPS) is 19.3. The summed E-state index contributed by atoms with van der Waals surface area (Å²) in [5.74, 6) is 2.67. The van der Waals surface area contributed by atoms with Gasteiger partial charge in [0.2, 0.25) is 0 Å². The van der Waals surface area contributed by atoms with Gasteiger partial charge in [-0.25, -0.2) is 4.98 Å². The molecule has 118 valence electrons. The molecule has 1 aromatic rings. The Morgan fingerprint density at radius 1 is 1.48 bits per heavy atom. The van der Waals surface area contributed by atoms with E-state index in [1.54, 1.807) is 0 Å². The second-order valence-electron chi connectivity index (χ2n) is 6.52. The molecular weight excluding hydrogens is 326 g/mol. The van der Waals surface area contributed by atoms with Crippen LogP contribution in [-0.2, 0) is 6.54 Å². The van der Waals surface area contributed by atoms with Gasteiger partial charge in [-0.3, -0.25) is 0 Å². The van der Waals surface area contributed by atoms with E-state index >= 15 is 0 Å². The van der Waals surface area contributed by atoms with Gasteiger partial charge in [-0.05, 0) is 53.2 Å². The summed E-state index contributed by atoms with van der Waals surface area (Å²) in [6.45, 7) is 11.0. The maximum atomic E-state index is 4.71. The smallest absolute Gasteiger partial charge is 0.133 e. The Balaban J connectivity index is 2.10. The Kier molecular flexibility index (Phi) is 6.49. The van der Waals surface area contributed by atoms with Gasteiger partial charge < -0.3 is 10.2 Å². The SMILES string of the molecule is CCC1CCCN(c2ncc(Br)cc2CNCC(C)C)C1. The van der Waals surface area contributed by atoms with Gasteiger partial charge in [-0.1, -0.05) is 27.2 Å². The Morgan fingerprint density at radius 2 is 2.29 bits per heavy atom. The van der Waals surface area contributed by atoms with E-state index in [4.69, 9.17) is 4.98 Å². The number of hydrogen-bond donors (Lipinski definition) is 1. The zero-order valence-electron chi connectivity index (χ0n) is 13.5. The lowest BCUT2D eigenvalue weighted by Gasteiger charge is -2.34. The van der Waals surface area contributed by atoms with Gasteiger partial charge in [-0.15, -0.1) is 0 Å². The number of pyridine rings is 1. The lowest BCUT2D eigenvalue weighted by atomic mass is 9.95. The number of hydrogen-bond acceptors (Lipinski definition) is 3. The summed E-state index contributed by atoms with van der Waals surface area (Å²) in [6.07, 6.45) is 5.85. The van der Waals surface area contributed by atoms with Crippen molar-refractivity contribution >= 4 is 21.7 Å². The average Bonchev–Trinajstić information content (AvgIpc) is 2.47. The van der Waals surface area contributed by atoms with Crippen LogP contribution in [0.3, 0.4) is 0 Å². The minimum atomic E-state index is 0.674. The molecule has 0 saturated carbocycles. The molecule has 1 fully saturated rings. The van der Waals surface area contributed by atoms with Crippen molar-refractivity contribution in [3.05, 3.63) is 22.3 Å². The van der Waals surface area contributed by atoms with Gasteiger partial charge >= 0.3 is 0 Å². The molecule has 0 spiro atoms. The van der Waals surface area contributed by atoms with Gasteiger partial charge in [-0.2, -0.15) is 0 Å². The Labute approximate surface area is 137 Å². The molecule has 4 heteroatoms. The molecule has 21 heavy (non-hydrogen) atoms. The third-order valence-corrected chi connectivity index (χ3v) is 4.61. The first-order valence-corrected chi connectivity index (χ1v) is 8.99. The highest BCUT2D eigenvalue weighted by Crippen LogP contribution is 2.27. The van der Waals surface area contributed by atoms with Crippen molar-refractivity contribution in [1.82, 2.24) is 10.3 Å². The van der Waals surface area contributed by atoms with E-state index in [2.05, 4.69) is 53.0 Å². The number of anilines is 1. The molecule has 0 amide bonds. The van der Waals surface area contributed by atoms with E-state index in [1.165, 1.54) is 30.6 Å². The summed E-state index contributed by atoms with van der Waals surface area (Å²) in [4.78, 5) is 7.19. The van der Waals surface area contributed by atoms with Crippen LogP contribution in [0.1, 0.15) is 45.6 Å². The standard InChI is InChI=1S/C17H28BrN3/c1-4-14-6-5-7-21(12-14)17-15(8-16(18)11-20-17)10-19-9-13(2)3/h8,11,13-14,19H,4-7,9-10,12H2,1-3H3. The highest BCUT2D eigenvalue weighted by Gasteiger charge is 2.21. The maximum absolute atomic E-state index is 4.71. The molecule has 2 rings (SSSR count). The third kappa shape index (κ3) is 4.96. The number of piperidine rings is 1. The fraction of sp³-hybridized carbons (Fsp3) is 0.706. The highest BCUT2D eigenvalue weighted by atomic mass is 79.9. The van der Waals surface area contributed by atoms with Crippen molar-refractivity contribution in [3.63, 3.8) is 0 Å². The van der Waals surface area contributed by atoms with Crippen molar-refractivity contribution in [1.29, 1.82) is 0 Å². The molecular formula is C17H28BrN3. The molecule has 1 saturated heterocycles. The van der Waals surface area contributed by atoms with E-state index in [-0.39, 0.29) is 0 Å². The molecule has 1 aromatic heterocycles. The second-order valence-corrected chi connectivity index (χ2v) is 7.44. The van der Waals surface area contributed by atoms with Crippen LogP contribution in [0.4, 0.5) is 5.82 Å². The molecule has 0 aromatic carbocycles. The van der Waals surface area contributed by atoms with Gasteiger partial charge in [0.25, 0.3) is 0 Å². The minimum absolute atomic E-state index is 0.674. The summed E-state index contributed by atoms with van der Waals surface area (Å²) in [5, 5.41) is 3.55. The van der Waals surface area contributed by atoms with Gasteiger partial charge in [0.05, 0.1) is 0 Å². The van der Waals surface area contributed by atoms with Crippen molar-refractivity contribution in [2.75, 3.05) is 24.5 Å². The summed E-state index contributed by atoms with van der Waals surface area (Å²) < 4.78 is 1.07. The number of aromatic nitrogens is 1. The molecule has 0 aliphatic carbocycles. The average molecular weight is 354 g/mol. The summed E-state index contributed by atoms with van der Waals surface area (Å²) in [7, 11) is 0. The van der Waals surface area contributed by atoms with Crippen LogP contribution < -0.4 is 10.2 Å². The topological polar surface area (TPSA) is 28.2 Å². The van der Waals surface area contributed by atoms with Crippen LogP contribution in [0.2, 0.25) is 0 Å². The fourth-order valence-corrected chi connectivity index (χ4v) is 3.35. The zero-order chi connectivity index (χ0) is 15.2. The first kappa shape index (κ1) is 16.8. The number of halogens is 1. The van der Waals surface area contributed by atoms with Crippen LogP contribution in [0.15, 0.2) is 16.7 Å². The highest BCUT2D eigenvalue weighted by molar-refractivity contribution is 9.10. The molecule has 2 heterocycles.